The molecule has 0 aromatic heterocycles. The van der Waals surface area contributed by atoms with Crippen molar-refractivity contribution in [3.05, 3.63) is 30.3 Å². The molecular weight excluding hydrogens is 250 g/mol. The molecule has 0 aliphatic carbocycles. The van der Waals surface area contributed by atoms with Gasteiger partial charge in [0.05, 0.1) is 19.3 Å². The standard InChI is InChI=1S/C14H16F2N2O/c1-10(19-3)12-8-11(4-5-13(12)17-2)18-7-6-14(15,16)9-18/h4-5,8H,1-2,6-7,9H2,3H3. The maximum atomic E-state index is 13.2. The van der Waals surface area contributed by atoms with Crippen molar-refractivity contribution in [3.63, 3.8) is 0 Å². The van der Waals surface area contributed by atoms with Crippen molar-refractivity contribution in [2.75, 3.05) is 25.1 Å². The van der Waals surface area contributed by atoms with E-state index in [1.807, 2.05) is 0 Å². The molecule has 0 saturated carbocycles. The van der Waals surface area contributed by atoms with Crippen LogP contribution in [-0.4, -0.2) is 32.8 Å². The van der Waals surface area contributed by atoms with E-state index in [0.29, 0.717) is 23.6 Å². The van der Waals surface area contributed by atoms with Gasteiger partial charge in [0, 0.05) is 24.2 Å². The lowest BCUT2D eigenvalue weighted by Crippen LogP contribution is -2.24. The summed E-state index contributed by atoms with van der Waals surface area (Å²) in [6.07, 6.45) is -0.116. The van der Waals surface area contributed by atoms with Crippen LogP contribution in [0.3, 0.4) is 0 Å². The molecule has 1 aromatic rings. The van der Waals surface area contributed by atoms with E-state index < -0.39 is 5.92 Å². The highest BCUT2D eigenvalue weighted by molar-refractivity contribution is 5.74. The normalized spacial score (nSPS) is 17.3. The highest BCUT2D eigenvalue weighted by atomic mass is 19.3. The molecule has 1 aromatic carbocycles. The van der Waals surface area contributed by atoms with Crippen LogP contribution in [-0.2, 0) is 4.74 Å². The monoisotopic (exact) mass is 266 g/mol. The first-order chi connectivity index (χ1) is 8.96. The van der Waals surface area contributed by atoms with Crippen LogP contribution in [0.4, 0.5) is 20.2 Å². The first kappa shape index (κ1) is 13.5. The summed E-state index contributed by atoms with van der Waals surface area (Å²) in [6, 6.07) is 5.26. The molecule has 5 heteroatoms. The fraction of sp³-hybridized carbons (Fsp3) is 0.357. The summed E-state index contributed by atoms with van der Waals surface area (Å²) >= 11 is 0. The second-order valence-electron chi connectivity index (χ2n) is 4.51. The van der Waals surface area contributed by atoms with Crippen molar-refractivity contribution in [2.24, 2.45) is 4.99 Å². The van der Waals surface area contributed by atoms with Gasteiger partial charge in [-0.2, -0.15) is 0 Å². The Kier molecular flexibility index (Phi) is 3.55. The Labute approximate surface area is 111 Å². The zero-order valence-corrected chi connectivity index (χ0v) is 10.8. The number of hydrogen-bond donors (Lipinski definition) is 0. The Morgan fingerprint density at radius 2 is 2.21 bits per heavy atom. The second kappa shape index (κ2) is 4.99. The van der Waals surface area contributed by atoms with Crippen molar-refractivity contribution < 1.29 is 13.5 Å². The number of methoxy groups -OCH3 is 1. The van der Waals surface area contributed by atoms with Gasteiger partial charge in [-0.05, 0) is 24.9 Å². The van der Waals surface area contributed by atoms with Crippen LogP contribution >= 0.6 is 0 Å². The number of benzene rings is 1. The minimum Gasteiger partial charge on any atom is -0.497 e. The number of nitrogens with zero attached hydrogens (tertiary/aromatic N) is 2. The zero-order valence-electron chi connectivity index (χ0n) is 10.8. The number of ether oxygens (including phenoxy) is 1. The molecule has 1 aliphatic rings. The fourth-order valence-corrected chi connectivity index (χ4v) is 2.15. The van der Waals surface area contributed by atoms with Crippen LogP contribution in [0.2, 0.25) is 0 Å². The molecule has 1 aliphatic heterocycles. The minimum absolute atomic E-state index is 0.116. The van der Waals surface area contributed by atoms with Gasteiger partial charge < -0.3 is 9.64 Å². The molecule has 1 saturated heterocycles. The van der Waals surface area contributed by atoms with Crippen LogP contribution in [0.25, 0.3) is 5.76 Å². The number of halogens is 2. The first-order valence-corrected chi connectivity index (χ1v) is 5.93. The van der Waals surface area contributed by atoms with Gasteiger partial charge >= 0.3 is 0 Å². The van der Waals surface area contributed by atoms with Crippen molar-refractivity contribution in [3.8, 4) is 0 Å². The third-order valence-electron chi connectivity index (χ3n) is 3.23. The molecule has 3 nitrogen and oxygen atoms in total. The van der Waals surface area contributed by atoms with Gasteiger partial charge in [0.25, 0.3) is 5.92 Å². The molecule has 0 spiro atoms. The van der Waals surface area contributed by atoms with E-state index in [1.54, 1.807) is 23.1 Å². The summed E-state index contributed by atoms with van der Waals surface area (Å²) in [5.41, 5.74) is 2.02. The molecule has 0 N–H and O–H groups in total. The maximum Gasteiger partial charge on any atom is 0.266 e. The summed E-state index contributed by atoms with van der Waals surface area (Å²) in [6.45, 7) is 7.33. The van der Waals surface area contributed by atoms with Gasteiger partial charge in [-0.15, -0.1) is 0 Å². The average Bonchev–Trinajstić information content (AvgIpc) is 2.77. The van der Waals surface area contributed by atoms with Gasteiger partial charge in [-0.1, -0.05) is 6.58 Å². The predicted octanol–water partition coefficient (Wildman–Crippen LogP) is 3.48. The highest BCUT2D eigenvalue weighted by Gasteiger charge is 2.38. The van der Waals surface area contributed by atoms with Gasteiger partial charge in [-0.25, -0.2) is 8.78 Å². The number of alkyl halides is 2. The molecular formula is C14H16F2N2O. The molecule has 0 radical (unpaired) electrons. The Morgan fingerprint density at radius 1 is 1.47 bits per heavy atom. The van der Waals surface area contributed by atoms with E-state index in [9.17, 15) is 8.78 Å². The lowest BCUT2D eigenvalue weighted by molar-refractivity contribution is 0.0257. The third kappa shape index (κ3) is 2.75. The molecule has 1 fully saturated rings. The van der Waals surface area contributed by atoms with Crippen LogP contribution in [0.15, 0.2) is 29.8 Å². The summed E-state index contributed by atoms with van der Waals surface area (Å²) in [5.74, 6) is -2.18. The molecule has 2 rings (SSSR count). The van der Waals surface area contributed by atoms with Crippen molar-refractivity contribution in [1.82, 2.24) is 0 Å². The molecule has 1 heterocycles. The van der Waals surface area contributed by atoms with E-state index in [1.165, 1.54) is 7.11 Å². The minimum atomic E-state index is -2.62. The lowest BCUT2D eigenvalue weighted by atomic mass is 10.1. The van der Waals surface area contributed by atoms with E-state index >= 15 is 0 Å². The predicted molar refractivity (Wildman–Crippen MR) is 73.5 cm³/mol. The molecule has 102 valence electrons. The smallest absolute Gasteiger partial charge is 0.266 e. The molecule has 0 bridgehead atoms. The molecule has 19 heavy (non-hydrogen) atoms. The maximum absolute atomic E-state index is 13.2. The molecule has 0 amide bonds. The Morgan fingerprint density at radius 3 is 2.74 bits per heavy atom. The summed E-state index contributed by atoms with van der Waals surface area (Å²) in [7, 11) is 1.51. The lowest BCUT2D eigenvalue weighted by Gasteiger charge is -2.20. The Balaban J connectivity index is 2.33. The number of anilines is 1. The molecule has 0 unspecified atom stereocenters. The van der Waals surface area contributed by atoms with Crippen molar-refractivity contribution in [1.29, 1.82) is 0 Å². The van der Waals surface area contributed by atoms with Crippen LogP contribution in [0.5, 0.6) is 0 Å². The highest BCUT2D eigenvalue weighted by Crippen LogP contribution is 2.35. The fourth-order valence-electron chi connectivity index (χ4n) is 2.15. The number of rotatable bonds is 4. The number of hydrogen-bond acceptors (Lipinski definition) is 3. The Bertz CT molecular complexity index is 514. The van der Waals surface area contributed by atoms with Crippen LogP contribution < -0.4 is 4.90 Å². The SMILES string of the molecule is C=Nc1ccc(N2CCC(F)(F)C2)cc1C(=C)OC. The van der Waals surface area contributed by atoms with Gasteiger partial charge in [0.2, 0.25) is 0 Å². The Hall–Kier alpha value is -1.91. The van der Waals surface area contributed by atoms with E-state index in [0.717, 1.165) is 5.69 Å². The largest absolute Gasteiger partial charge is 0.497 e. The summed E-state index contributed by atoms with van der Waals surface area (Å²) < 4.78 is 31.6. The summed E-state index contributed by atoms with van der Waals surface area (Å²) in [4.78, 5) is 5.53. The third-order valence-corrected chi connectivity index (χ3v) is 3.23. The average molecular weight is 266 g/mol. The van der Waals surface area contributed by atoms with Crippen LogP contribution in [0.1, 0.15) is 12.0 Å². The van der Waals surface area contributed by atoms with Crippen molar-refractivity contribution >= 4 is 23.9 Å². The van der Waals surface area contributed by atoms with E-state index in [-0.39, 0.29) is 13.0 Å². The van der Waals surface area contributed by atoms with Gasteiger partial charge in [-0.3, -0.25) is 4.99 Å². The second-order valence-corrected chi connectivity index (χ2v) is 4.51. The summed E-state index contributed by atoms with van der Waals surface area (Å²) in [5, 5.41) is 0. The zero-order chi connectivity index (χ0) is 14.0. The topological polar surface area (TPSA) is 24.8 Å². The first-order valence-electron chi connectivity index (χ1n) is 5.93. The molecule has 0 atom stereocenters. The van der Waals surface area contributed by atoms with E-state index in [4.69, 9.17) is 4.74 Å². The van der Waals surface area contributed by atoms with Crippen molar-refractivity contribution in [2.45, 2.75) is 12.3 Å². The number of aliphatic imine (C=N–C) groups is 1. The van der Waals surface area contributed by atoms with Gasteiger partial charge in [0.1, 0.15) is 5.76 Å². The van der Waals surface area contributed by atoms with Crippen LogP contribution in [0, 0.1) is 0 Å². The van der Waals surface area contributed by atoms with E-state index in [2.05, 4.69) is 18.3 Å². The quantitative estimate of drug-likeness (QED) is 0.615. The van der Waals surface area contributed by atoms with Gasteiger partial charge in [0.15, 0.2) is 0 Å².